The van der Waals surface area contributed by atoms with E-state index in [0.29, 0.717) is 18.2 Å². The molecule has 1 aliphatic rings. The molecule has 0 saturated carbocycles. The SMILES string of the molecule is CC1CC(=O)N(CCc2nc(CCl)cs2)C1. The number of halogens is 1. The second kappa shape index (κ2) is 5.15. The van der Waals surface area contributed by atoms with Crippen molar-refractivity contribution in [2.45, 2.75) is 25.6 Å². The molecule has 1 aliphatic heterocycles. The fourth-order valence-corrected chi connectivity index (χ4v) is 2.96. The lowest BCUT2D eigenvalue weighted by Crippen LogP contribution is -2.27. The van der Waals surface area contributed by atoms with Gasteiger partial charge in [-0.3, -0.25) is 4.79 Å². The minimum absolute atomic E-state index is 0.279. The summed E-state index contributed by atoms with van der Waals surface area (Å²) in [5, 5.41) is 3.06. The highest BCUT2D eigenvalue weighted by molar-refractivity contribution is 7.09. The molecule has 0 radical (unpaired) electrons. The smallest absolute Gasteiger partial charge is 0.222 e. The van der Waals surface area contributed by atoms with Gasteiger partial charge in [0.1, 0.15) is 0 Å². The standard InChI is InChI=1S/C11H15ClN2OS/c1-8-4-11(15)14(6-8)3-2-10-13-9(5-12)7-16-10/h7-8H,2-6H2,1H3. The van der Waals surface area contributed by atoms with Crippen molar-refractivity contribution in [3.05, 3.63) is 16.1 Å². The molecule has 0 aliphatic carbocycles. The first kappa shape index (κ1) is 11.9. The first-order valence-electron chi connectivity index (χ1n) is 5.46. The van der Waals surface area contributed by atoms with Gasteiger partial charge in [0.05, 0.1) is 16.6 Å². The molecular formula is C11H15ClN2OS. The summed E-state index contributed by atoms with van der Waals surface area (Å²) in [6.45, 7) is 3.80. The molecule has 3 nitrogen and oxygen atoms in total. The first-order valence-corrected chi connectivity index (χ1v) is 6.87. The van der Waals surface area contributed by atoms with Crippen LogP contribution in [-0.2, 0) is 17.1 Å². The molecule has 1 atom stereocenters. The average molecular weight is 259 g/mol. The first-order chi connectivity index (χ1) is 7.69. The van der Waals surface area contributed by atoms with Gasteiger partial charge in [0, 0.05) is 31.3 Å². The number of carbonyl (C=O) groups is 1. The van der Waals surface area contributed by atoms with E-state index in [1.54, 1.807) is 11.3 Å². The minimum Gasteiger partial charge on any atom is -0.342 e. The molecular weight excluding hydrogens is 244 g/mol. The molecule has 0 spiro atoms. The molecule has 2 rings (SSSR count). The van der Waals surface area contributed by atoms with E-state index < -0.39 is 0 Å². The van der Waals surface area contributed by atoms with Gasteiger partial charge in [-0.05, 0) is 5.92 Å². The number of hydrogen-bond acceptors (Lipinski definition) is 3. The molecule has 0 bridgehead atoms. The van der Waals surface area contributed by atoms with Crippen molar-refractivity contribution in [3.63, 3.8) is 0 Å². The number of aromatic nitrogens is 1. The van der Waals surface area contributed by atoms with Gasteiger partial charge < -0.3 is 4.90 Å². The second-order valence-electron chi connectivity index (χ2n) is 4.27. The lowest BCUT2D eigenvalue weighted by atomic mass is 10.2. The summed E-state index contributed by atoms with van der Waals surface area (Å²) in [4.78, 5) is 17.9. The third kappa shape index (κ3) is 2.74. The zero-order chi connectivity index (χ0) is 11.5. The number of alkyl halides is 1. The Morgan fingerprint density at radius 2 is 2.50 bits per heavy atom. The zero-order valence-corrected chi connectivity index (χ0v) is 10.9. The molecule has 1 fully saturated rings. The van der Waals surface area contributed by atoms with Gasteiger partial charge in [-0.1, -0.05) is 6.92 Å². The van der Waals surface area contributed by atoms with Crippen molar-refractivity contribution in [3.8, 4) is 0 Å². The van der Waals surface area contributed by atoms with Crippen LogP contribution in [0.5, 0.6) is 0 Å². The van der Waals surface area contributed by atoms with E-state index in [2.05, 4.69) is 11.9 Å². The Morgan fingerprint density at radius 3 is 3.06 bits per heavy atom. The normalized spacial score (nSPS) is 20.8. The Hall–Kier alpha value is -0.610. The third-order valence-corrected chi connectivity index (χ3v) is 3.97. The fourth-order valence-electron chi connectivity index (χ4n) is 1.94. The van der Waals surface area contributed by atoms with Gasteiger partial charge >= 0.3 is 0 Å². The maximum atomic E-state index is 11.6. The molecule has 5 heteroatoms. The van der Waals surface area contributed by atoms with Gasteiger partial charge in [-0.15, -0.1) is 22.9 Å². The number of thiazole rings is 1. The minimum atomic E-state index is 0.279. The topological polar surface area (TPSA) is 33.2 Å². The molecule has 2 heterocycles. The van der Waals surface area contributed by atoms with Crippen LogP contribution in [0.1, 0.15) is 24.0 Å². The molecule has 1 unspecified atom stereocenters. The summed E-state index contributed by atoms with van der Waals surface area (Å²) in [7, 11) is 0. The van der Waals surface area contributed by atoms with Crippen LogP contribution in [0.3, 0.4) is 0 Å². The van der Waals surface area contributed by atoms with Crippen molar-refractivity contribution in [2.24, 2.45) is 5.92 Å². The maximum absolute atomic E-state index is 11.6. The molecule has 0 N–H and O–H groups in total. The Balaban J connectivity index is 1.85. The number of hydrogen-bond donors (Lipinski definition) is 0. The summed E-state index contributed by atoms with van der Waals surface area (Å²) in [5.74, 6) is 1.25. The highest BCUT2D eigenvalue weighted by atomic mass is 35.5. The quantitative estimate of drug-likeness (QED) is 0.777. The lowest BCUT2D eigenvalue weighted by Gasteiger charge is -2.14. The Kier molecular flexibility index (Phi) is 3.82. The van der Waals surface area contributed by atoms with Gasteiger partial charge in [0.25, 0.3) is 0 Å². The van der Waals surface area contributed by atoms with E-state index in [-0.39, 0.29) is 5.91 Å². The van der Waals surface area contributed by atoms with E-state index in [0.717, 1.165) is 30.2 Å². The van der Waals surface area contributed by atoms with Crippen molar-refractivity contribution < 1.29 is 4.79 Å². The maximum Gasteiger partial charge on any atom is 0.222 e. The summed E-state index contributed by atoms with van der Waals surface area (Å²) in [6, 6.07) is 0. The van der Waals surface area contributed by atoms with Gasteiger partial charge in [-0.2, -0.15) is 0 Å². The summed E-state index contributed by atoms with van der Waals surface area (Å²) < 4.78 is 0. The molecule has 0 aromatic carbocycles. The van der Waals surface area contributed by atoms with E-state index in [1.165, 1.54) is 0 Å². The van der Waals surface area contributed by atoms with Crippen LogP contribution in [0, 0.1) is 5.92 Å². The van der Waals surface area contributed by atoms with E-state index >= 15 is 0 Å². The van der Waals surface area contributed by atoms with Crippen molar-refractivity contribution in [1.29, 1.82) is 0 Å². The van der Waals surface area contributed by atoms with Crippen LogP contribution in [-0.4, -0.2) is 28.9 Å². The van der Waals surface area contributed by atoms with Crippen LogP contribution in [0.2, 0.25) is 0 Å². The van der Waals surface area contributed by atoms with Crippen molar-refractivity contribution in [2.75, 3.05) is 13.1 Å². The lowest BCUT2D eigenvalue weighted by molar-refractivity contribution is -0.127. The Morgan fingerprint density at radius 1 is 1.69 bits per heavy atom. The van der Waals surface area contributed by atoms with Crippen LogP contribution in [0.25, 0.3) is 0 Å². The summed E-state index contributed by atoms with van der Waals surface area (Å²) in [5.41, 5.74) is 0.933. The molecule has 16 heavy (non-hydrogen) atoms. The van der Waals surface area contributed by atoms with Crippen LogP contribution in [0.4, 0.5) is 0 Å². The summed E-state index contributed by atoms with van der Waals surface area (Å²) in [6.07, 6.45) is 1.55. The predicted molar refractivity (Wildman–Crippen MR) is 65.7 cm³/mol. The molecule has 1 aromatic heterocycles. The molecule has 88 valence electrons. The van der Waals surface area contributed by atoms with E-state index in [4.69, 9.17) is 11.6 Å². The van der Waals surface area contributed by atoms with Crippen molar-refractivity contribution in [1.82, 2.24) is 9.88 Å². The van der Waals surface area contributed by atoms with Crippen LogP contribution < -0.4 is 0 Å². The number of carbonyl (C=O) groups excluding carboxylic acids is 1. The Bertz CT molecular complexity index is 380. The average Bonchev–Trinajstić information content (AvgIpc) is 2.82. The molecule has 1 aromatic rings. The van der Waals surface area contributed by atoms with Crippen LogP contribution >= 0.6 is 22.9 Å². The largest absolute Gasteiger partial charge is 0.342 e. The highest BCUT2D eigenvalue weighted by Gasteiger charge is 2.25. The predicted octanol–water partition coefficient (Wildman–Crippen LogP) is 2.29. The number of nitrogens with zero attached hydrogens (tertiary/aromatic N) is 2. The van der Waals surface area contributed by atoms with Crippen molar-refractivity contribution >= 4 is 28.8 Å². The van der Waals surface area contributed by atoms with Gasteiger partial charge in [-0.25, -0.2) is 4.98 Å². The van der Waals surface area contributed by atoms with Gasteiger partial charge in [0.2, 0.25) is 5.91 Å². The van der Waals surface area contributed by atoms with E-state index in [9.17, 15) is 4.79 Å². The fraction of sp³-hybridized carbons (Fsp3) is 0.636. The third-order valence-electron chi connectivity index (χ3n) is 2.74. The van der Waals surface area contributed by atoms with Gasteiger partial charge in [0.15, 0.2) is 0 Å². The zero-order valence-electron chi connectivity index (χ0n) is 9.28. The second-order valence-corrected chi connectivity index (χ2v) is 5.48. The number of rotatable bonds is 4. The molecule has 1 amide bonds. The molecule has 1 saturated heterocycles. The van der Waals surface area contributed by atoms with Crippen LogP contribution in [0.15, 0.2) is 5.38 Å². The Labute approximate surface area is 104 Å². The summed E-state index contributed by atoms with van der Waals surface area (Å²) >= 11 is 7.32. The highest BCUT2D eigenvalue weighted by Crippen LogP contribution is 2.18. The van der Waals surface area contributed by atoms with E-state index in [1.807, 2.05) is 10.3 Å². The monoisotopic (exact) mass is 258 g/mol. The number of amides is 1. The number of likely N-dealkylation sites (tertiary alicyclic amines) is 1.